The van der Waals surface area contributed by atoms with Crippen LogP contribution in [0.5, 0.6) is 5.75 Å². The van der Waals surface area contributed by atoms with Gasteiger partial charge in [0.05, 0.1) is 12.8 Å². The minimum Gasteiger partial charge on any atom is -0.494 e. The molecule has 170 valence electrons. The normalized spacial score (nSPS) is 11.5. The standard InChI is InChI=1S/C28H25N3O3/c1-3-33-23-12-13-26-21(14-23)15-27(34-26)28(32)30-29-16-22-18-31(25-7-5-4-6-24(22)25)17-20-10-8-19(2)9-11-20/h4-16,18H,3,17H2,1-2H3,(H,30,32)/b29-16+. The second kappa shape index (κ2) is 9.27. The molecule has 0 unspecified atom stereocenters. The minimum atomic E-state index is -0.409. The molecular formula is C28H25N3O3. The number of fused-ring (bicyclic) bond motifs is 2. The first-order valence-electron chi connectivity index (χ1n) is 11.2. The maximum atomic E-state index is 12.6. The van der Waals surface area contributed by atoms with E-state index in [2.05, 4.69) is 64.6 Å². The third kappa shape index (κ3) is 4.43. The van der Waals surface area contributed by atoms with E-state index < -0.39 is 5.91 Å². The Bertz CT molecular complexity index is 1490. The molecule has 1 N–H and O–H groups in total. The van der Waals surface area contributed by atoms with Crippen LogP contribution in [-0.4, -0.2) is 23.3 Å². The van der Waals surface area contributed by atoms with Gasteiger partial charge in [-0.25, -0.2) is 5.43 Å². The van der Waals surface area contributed by atoms with E-state index in [0.717, 1.165) is 34.1 Å². The van der Waals surface area contributed by atoms with Gasteiger partial charge < -0.3 is 13.7 Å². The van der Waals surface area contributed by atoms with Gasteiger partial charge in [-0.05, 0) is 49.7 Å². The van der Waals surface area contributed by atoms with Gasteiger partial charge >= 0.3 is 5.91 Å². The van der Waals surface area contributed by atoms with Crippen molar-refractivity contribution in [1.29, 1.82) is 0 Å². The van der Waals surface area contributed by atoms with E-state index in [-0.39, 0.29) is 5.76 Å². The molecule has 3 aromatic carbocycles. The van der Waals surface area contributed by atoms with E-state index in [4.69, 9.17) is 9.15 Å². The quantitative estimate of drug-likeness (QED) is 0.247. The molecule has 5 aromatic rings. The van der Waals surface area contributed by atoms with Gasteiger partial charge in [0, 0.05) is 34.6 Å². The maximum Gasteiger partial charge on any atom is 0.307 e. The van der Waals surface area contributed by atoms with E-state index in [1.54, 1.807) is 18.3 Å². The van der Waals surface area contributed by atoms with E-state index in [0.29, 0.717) is 12.2 Å². The average molecular weight is 452 g/mol. The zero-order valence-corrected chi connectivity index (χ0v) is 19.1. The van der Waals surface area contributed by atoms with Crippen LogP contribution in [-0.2, 0) is 6.54 Å². The van der Waals surface area contributed by atoms with Crippen molar-refractivity contribution in [1.82, 2.24) is 9.99 Å². The number of benzene rings is 3. The molecule has 0 saturated carbocycles. The van der Waals surface area contributed by atoms with E-state index in [9.17, 15) is 4.79 Å². The van der Waals surface area contributed by atoms with Crippen molar-refractivity contribution in [2.24, 2.45) is 5.10 Å². The molecule has 6 heteroatoms. The van der Waals surface area contributed by atoms with Gasteiger partial charge in [-0.3, -0.25) is 4.79 Å². The summed E-state index contributed by atoms with van der Waals surface area (Å²) in [5, 5.41) is 6.07. The van der Waals surface area contributed by atoms with E-state index in [1.165, 1.54) is 11.1 Å². The molecule has 0 spiro atoms. The Kier molecular flexibility index (Phi) is 5.87. The number of rotatable bonds is 7. The summed E-state index contributed by atoms with van der Waals surface area (Å²) in [5.74, 6) is 0.527. The summed E-state index contributed by atoms with van der Waals surface area (Å²) in [6, 6.07) is 23.8. The van der Waals surface area contributed by atoms with Crippen molar-refractivity contribution in [2.75, 3.05) is 6.61 Å². The molecule has 5 rings (SSSR count). The molecular weight excluding hydrogens is 426 g/mol. The van der Waals surface area contributed by atoms with Crippen LogP contribution in [0.15, 0.2) is 88.5 Å². The summed E-state index contributed by atoms with van der Waals surface area (Å²) in [6.45, 7) is 5.34. The molecule has 0 bridgehead atoms. The second-order valence-corrected chi connectivity index (χ2v) is 8.16. The van der Waals surface area contributed by atoms with Gasteiger partial charge in [0.2, 0.25) is 0 Å². The Morgan fingerprint density at radius 1 is 1.09 bits per heavy atom. The molecule has 2 heterocycles. The number of ether oxygens (including phenoxy) is 1. The first-order valence-corrected chi connectivity index (χ1v) is 11.2. The Balaban J connectivity index is 1.34. The van der Waals surface area contributed by atoms with Crippen molar-refractivity contribution in [3.63, 3.8) is 0 Å². The van der Waals surface area contributed by atoms with Crippen molar-refractivity contribution < 1.29 is 13.9 Å². The van der Waals surface area contributed by atoms with Gasteiger partial charge in [-0.15, -0.1) is 0 Å². The lowest BCUT2D eigenvalue weighted by molar-refractivity contribution is 0.0929. The number of para-hydroxylation sites is 1. The Labute approximate surface area is 197 Å². The number of hydrazone groups is 1. The Hall–Kier alpha value is -4.32. The summed E-state index contributed by atoms with van der Waals surface area (Å²) in [7, 11) is 0. The van der Waals surface area contributed by atoms with Gasteiger partial charge in [-0.1, -0.05) is 48.0 Å². The van der Waals surface area contributed by atoms with Crippen molar-refractivity contribution in [3.05, 3.63) is 101 Å². The number of aryl methyl sites for hydroxylation is 1. The predicted molar refractivity (Wildman–Crippen MR) is 135 cm³/mol. The second-order valence-electron chi connectivity index (χ2n) is 8.16. The highest BCUT2D eigenvalue weighted by molar-refractivity contribution is 6.01. The first kappa shape index (κ1) is 21.5. The van der Waals surface area contributed by atoms with E-state index >= 15 is 0 Å². The number of hydrogen-bond acceptors (Lipinski definition) is 4. The van der Waals surface area contributed by atoms with Gasteiger partial charge in [0.25, 0.3) is 0 Å². The van der Waals surface area contributed by atoms with Crippen LogP contribution in [0.2, 0.25) is 0 Å². The summed E-state index contributed by atoms with van der Waals surface area (Å²) in [4.78, 5) is 12.6. The van der Waals surface area contributed by atoms with Crippen molar-refractivity contribution >= 4 is 34.0 Å². The van der Waals surface area contributed by atoms with Gasteiger partial charge in [0.15, 0.2) is 5.76 Å². The third-order valence-corrected chi connectivity index (χ3v) is 5.69. The molecule has 0 fully saturated rings. The molecule has 0 aliphatic rings. The lowest BCUT2D eigenvalue weighted by atomic mass is 10.1. The molecule has 0 atom stereocenters. The Morgan fingerprint density at radius 2 is 1.91 bits per heavy atom. The fourth-order valence-electron chi connectivity index (χ4n) is 4.00. The minimum absolute atomic E-state index is 0.197. The smallest absolute Gasteiger partial charge is 0.307 e. The number of carbonyl (C=O) groups is 1. The fourth-order valence-corrected chi connectivity index (χ4v) is 4.00. The number of nitrogens with one attached hydrogen (secondary N) is 1. The topological polar surface area (TPSA) is 68.8 Å². The van der Waals surface area contributed by atoms with Crippen LogP contribution in [0.1, 0.15) is 34.2 Å². The van der Waals surface area contributed by atoms with Crippen LogP contribution in [0, 0.1) is 6.92 Å². The van der Waals surface area contributed by atoms with Crippen molar-refractivity contribution in [2.45, 2.75) is 20.4 Å². The highest BCUT2D eigenvalue weighted by Crippen LogP contribution is 2.25. The molecule has 2 aromatic heterocycles. The highest BCUT2D eigenvalue weighted by atomic mass is 16.5. The maximum absolute atomic E-state index is 12.6. The number of furan rings is 1. The summed E-state index contributed by atoms with van der Waals surface area (Å²) >= 11 is 0. The van der Waals surface area contributed by atoms with Crippen LogP contribution < -0.4 is 10.2 Å². The molecule has 1 amide bonds. The van der Waals surface area contributed by atoms with Crippen LogP contribution in [0.4, 0.5) is 0 Å². The highest BCUT2D eigenvalue weighted by Gasteiger charge is 2.13. The number of hydrogen-bond donors (Lipinski definition) is 1. The molecule has 34 heavy (non-hydrogen) atoms. The van der Waals surface area contributed by atoms with Gasteiger partial charge in [-0.2, -0.15) is 5.10 Å². The monoisotopic (exact) mass is 451 g/mol. The SMILES string of the molecule is CCOc1ccc2oc(C(=O)N/N=C/c3cn(Cc4ccc(C)cc4)c4ccccc34)cc2c1. The summed E-state index contributed by atoms with van der Waals surface area (Å²) < 4.78 is 13.4. The fraction of sp³-hybridized carbons (Fsp3) is 0.143. The van der Waals surface area contributed by atoms with Crippen LogP contribution in [0.25, 0.3) is 21.9 Å². The van der Waals surface area contributed by atoms with Crippen LogP contribution in [0.3, 0.4) is 0 Å². The number of carbonyl (C=O) groups excluding carboxylic acids is 1. The average Bonchev–Trinajstić information content (AvgIpc) is 3.42. The lowest BCUT2D eigenvalue weighted by Gasteiger charge is -2.06. The summed E-state index contributed by atoms with van der Waals surface area (Å²) in [6.07, 6.45) is 3.72. The zero-order valence-electron chi connectivity index (χ0n) is 19.1. The molecule has 0 saturated heterocycles. The van der Waals surface area contributed by atoms with E-state index in [1.807, 2.05) is 31.2 Å². The number of amides is 1. The predicted octanol–water partition coefficient (Wildman–Crippen LogP) is 5.91. The zero-order chi connectivity index (χ0) is 23.5. The Morgan fingerprint density at radius 3 is 2.74 bits per heavy atom. The molecule has 6 nitrogen and oxygen atoms in total. The lowest BCUT2D eigenvalue weighted by Crippen LogP contribution is -2.16. The number of aromatic nitrogens is 1. The van der Waals surface area contributed by atoms with Gasteiger partial charge in [0.1, 0.15) is 11.3 Å². The largest absolute Gasteiger partial charge is 0.494 e. The van der Waals surface area contributed by atoms with Crippen LogP contribution >= 0.6 is 0 Å². The van der Waals surface area contributed by atoms with Crippen molar-refractivity contribution in [3.8, 4) is 5.75 Å². The molecule has 0 aliphatic carbocycles. The third-order valence-electron chi connectivity index (χ3n) is 5.69. The molecule has 0 radical (unpaired) electrons. The number of nitrogens with zero attached hydrogens (tertiary/aromatic N) is 2. The summed E-state index contributed by atoms with van der Waals surface area (Å²) in [5.41, 5.74) is 7.69. The molecule has 0 aliphatic heterocycles. The first-order chi connectivity index (χ1) is 16.6.